The number of hydrogen-bond acceptors (Lipinski definition) is 3. The van der Waals surface area contributed by atoms with Crippen LogP contribution >= 0.6 is 0 Å². The molecular formula is C18H25FN4. The Morgan fingerprint density at radius 1 is 1.13 bits per heavy atom. The number of benzene rings is 1. The van der Waals surface area contributed by atoms with Crippen LogP contribution in [-0.4, -0.2) is 52.1 Å². The molecule has 0 amide bonds. The van der Waals surface area contributed by atoms with Crippen LogP contribution in [0, 0.1) is 5.82 Å². The van der Waals surface area contributed by atoms with Crippen molar-refractivity contribution in [3.8, 4) is 0 Å². The fourth-order valence-corrected chi connectivity index (χ4v) is 3.28. The lowest BCUT2D eigenvalue weighted by Crippen LogP contribution is -2.47. The van der Waals surface area contributed by atoms with Crippen LogP contribution in [0.4, 0.5) is 4.39 Å². The van der Waals surface area contributed by atoms with Crippen molar-refractivity contribution < 1.29 is 4.39 Å². The van der Waals surface area contributed by atoms with Gasteiger partial charge in [-0.25, -0.2) is 9.37 Å². The van der Waals surface area contributed by atoms with Crippen molar-refractivity contribution in [2.75, 3.05) is 32.7 Å². The summed E-state index contributed by atoms with van der Waals surface area (Å²) >= 11 is 0. The minimum absolute atomic E-state index is 0.0947. The molecular weight excluding hydrogens is 291 g/mol. The van der Waals surface area contributed by atoms with Crippen molar-refractivity contribution in [1.29, 1.82) is 0 Å². The Morgan fingerprint density at radius 3 is 2.61 bits per heavy atom. The summed E-state index contributed by atoms with van der Waals surface area (Å²) in [7, 11) is 0. The zero-order valence-corrected chi connectivity index (χ0v) is 13.7. The van der Waals surface area contributed by atoms with Crippen LogP contribution < -0.4 is 0 Å². The van der Waals surface area contributed by atoms with Crippen LogP contribution in [0.5, 0.6) is 0 Å². The Kier molecular flexibility index (Phi) is 5.41. The number of imidazole rings is 1. The monoisotopic (exact) mass is 316 g/mol. The minimum atomic E-state index is -0.0947. The van der Waals surface area contributed by atoms with E-state index in [1.807, 2.05) is 30.9 Å². The van der Waals surface area contributed by atoms with Gasteiger partial charge in [0.15, 0.2) is 0 Å². The average Bonchev–Trinajstić information content (AvgIpc) is 3.09. The summed E-state index contributed by atoms with van der Waals surface area (Å²) in [6.07, 6.45) is 6.84. The molecule has 0 bridgehead atoms. The van der Waals surface area contributed by atoms with Gasteiger partial charge < -0.3 is 9.47 Å². The van der Waals surface area contributed by atoms with Crippen LogP contribution in [0.2, 0.25) is 0 Å². The highest BCUT2D eigenvalue weighted by atomic mass is 19.1. The fourth-order valence-electron chi connectivity index (χ4n) is 3.28. The quantitative estimate of drug-likeness (QED) is 0.819. The van der Waals surface area contributed by atoms with E-state index in [1.165, 1.54) is 0 Å². The van der Waals surface area contributed by atoms with Gasteiger partial charge in [-0.05, 0) is 26.0 Å². The van der Waals surface area contributed by atoms with Gasteiger partial charge in [0.25, 0.3) is 0 Å². The van der Waals surface area contributed by atoms with E-state index >= 15 is 0 Å². The lowest BCUT2D eigenvalue weighted by molar-refractivity contribution is 0.0993. The van der Waals surface area contributed by atoms with Gasteiger partial charge in [-0.3, -0.25) is 4.90 Å². The summed E-state index contributed by atoms with van der Waals surface area (Å²) in [6, 6.07) is 7.27. The maximum absolute atomic E-state index is 13.9. The second-order valence-corrected chi connectivity index (χ2v) is 6.23. The van der Waals surface area contributed by atoms with Crippen LogP contribution in [0.15, 0.2) is 43.0 Å². The molecule has 0 saturated carbocycles. The van der Waals surface area contributed by atoms with Crippen LogP contribution in [-0.2, 0) is 6.54 Å². The van der Waals surface area contributed by atoms with Gasteiger partial charge in [-0.1, -0.05) is 18.2 Å². The van der Waals surface area contributed by atoms with E-state index in [2.05, 4.69) is 26.3 Å². The lowest BCUT2D eigenvalue weighted by atomic mass is 10.1. The number of aryl methyl sites for hydroxylation is 1. The van der Waals surface area contributed by atoms with E-state index in [0.717, 1.165) is 51.3 Å². The maximum atomic E-state index is 13.9. The molecule has 1 aromatic carbocycles. The van der Waals surface area contributed by atoms with E-state index < -0.39 is 0 Å². The predicted octanol–water partition coefficient (Wildman–Crippen LogP) is 2.79. The van der Waals surface area contributed by atoms with Crippen molar-refractivity contribution in [1.82, 2.24) is 19.4 Å². The topological polar surface area (TPSA) is 24.3 Å². The van der Waals surface area contributed by atoms with E-state index in [4.69, 9.17) is 0 Å². The molecule has 1 saturated heterocycles. The number of aromatic nitrogens is 2. The molecule has 2 aromatic rings. The molecule has 124 valence electrons. The molecule has 5 heteroatoms. The van der Waals surface area contributed by atoms with Gasteiger partial charge in [0, 0.05) is 56.7 Å². The van der Waals surface area contributed by atoms with E-state index in [-0.39, 0.29) is 11.9 Å². The third-order valence-corrected chi connectivity index (χ3v) is 4.76. The summed E-state index contributed by atoms with van der Waals surface area (Å²) in [6.45, 7) is 8.35. The van der Waals surface area contributed by atoms with Crippen molar-refractivity contribution >= 4 is 0 Å². The maximum Gasteiger partial charge on any atom is 0.127 e. The Hall–Kier alpha value is -1.72. The number of nitrogens with zero attached hydrogens (tertiary/aromatic N) is 4. The van der Waals surface area contributed by atoms with Crippen molar-refractivity contribution in [2.24, 2.45) is 0 Å². The van der Waals surface area contributed by atoms with Crippen LogP contribution in [0.3, 0.4) is 0 Å². The molecule has 1 aliphatic rings. The summed E-state index contributed by atoms with van der Waals surface area (Å²) < 4.78 is 16.0. The Morgan fingerprint density at radius 2 is 1.91 bits per heavy atom. The van der Waals surface area contributed by atoms with Crippen LogP contribution in [0.25, 0.3) is 0 Å². The number of rotatable bonds is 6. The largest absolute Gasteiger partial charge is 0.337 e. The Bertz CT molecular complexity index is 591. The molecule has 23 heavy (non-hydrogen) atoms. The second-order valence-electron chi connectivity index (χ2n) is 6.23. The van der Waals surface area contributed by atoms with Crippen molar-refractivity contribution in [2.45, 2.75) is 25.9 Å². The molecule has 1 atom stereocenters. The van der Waals surface area contributed by atoms with Crippen molar-refractivity contribution in [3.05, 3.63) is 54.4 Å². The molecule has 3 rings (SSSR count). The first-order valence-corrected chi connectivity index (χ1v) is 8.40. The molecule has 0 N–H and O–H groups in total. The molecule has 1 aromatic heterocycles. The fraction of sp³-hybridized carbons (Fsp3) is 0.500. The molecule has 1 unspecified atom stereocenters. The normalized spacial score (nSPS) is 18.2. The van der Waals surface area contributed by atoms with Gasteiger partial charge in [-0.2, -0.15) is 0 Å². The van der Waals surface area contributed by atoms with E-state index in [9.17, 15) is 4.39 Å². The summed E-state index contributed by atoms with van der Waals surface area (Å²) in [5.74, 6) is -0.0947. The molecule has 1 fully saturated rings. The first-order chi connectivity index (χ1) is 11.2. The van der Waals surface area contributed by atoms with Crippen molar-refractivity contribution in [3.63, 3.8) is 0 Å². The minimum Gasteiger partial charge on any atom is -0.337 e. The van der Waals surface area contributed by atoms with Gasteiger partial charge in [0.05, 0.1) is 6.33 Å². The number of hydrogen-bond donors (Lipinski definition) is 0. The van der Waals surface area contributed by atoms with E-state index in [0.29, 0.717) is 0 Å². The molecule has 2 heterocycles. The lowest BCUT2D eigenvalue weighted by Gasteiger charge is -2.38. The number of piperazine rings is 1. The number of halogens is 1. The summed E-state index contributed by atoms with van der Waals surface area (Å²) in [5, 5.41) is 0. The van der Waals surface area contributed by atoms with Gasteiger partial charge >= 0.3 is 0 Å². The first-order valence-electron chi connectivity index (χ1n) is 8.40. The first kappa shape index (κ1) is 16.1. The van der Waals surface area contributed by atoms with E-state index in [1.54, 1.807) is 12.1 Å². The highest BCUT2D eigenvalue weighted by molar-refractivity contribution is 5.20. The molecule has 0 radical (unpaired) electrons. The average molecular weight is 316 g/mol. The molecule has 4 nitrogen and oxygen atoms in total. The highest BCUT2D eigenvalue weighted by Crippen LogP contribution is 2.23. The molecule has 1 aliphatic heterocycles. The standard InChI is InChI=1S/C18H25FN4/c1-16(17-5-2-3-6-18(17)19)23-13-11-21(12-14-23)8-4-9-22-10-7-20-15-22/h2-3,5-7,10,15-16H,4,8-9,11-14H2,1H3. The van der Waals surface area contributed by atoms with Gasteiger partial charge in [-0.15, -0.1) is 0 Å². The smallest absolute Gasteiger partial charge is 0.127 e. The predicted molar refractivity (Wildman–Crippen MR) is 89.7 cm³/mol. The SMILES string of the molecule is CC(c1ccccc1F)N1CCN(CCCn2ccnc2)CC1. The zero-order valence-electron chi connectivity index (χ0n) is 13.7. The second kappa shape index (κ2) is 7.70. The molecule has 0 aliphatic carbocycles. The Balaban J connectivity index is 1.44. The summed E-state index contributed by atoms with van der Waals surface area (Å²) in [4.78, 5) is 8.95. The molecule has 0 spiro atoms. The third kappa shape index (κ3) is 4.18. The van der Waals surface area contributed by atoms with Crippen LogP contribution in [0.1, 0.15) is 24.9 Å². The Labute approximate surface area is 137 Å². The highest BCUT2D eigenvalue weighted by Gasteiger charge is 2.23. The third-order valence-electron chi connectivity index (χ3n) is 4.76. The van der Waals surface area contributed by atoms with Gasteiger partial charge in [0.2, 0.25) is 0 Å². The van der Waals surface area contributed by atoms with Gasteiger partial charge in [0.1, 0.15) is 5.82 Å². The zero-order chi connectivity index (χ0) is 16.1. The summed E-state index contributed by atoms with van der Waals surface area (Å²) in [5.41, 5.74) is 0.807.